The Labute approximate surface area is 117 Å². The minimum atomic E-state index is -0.760. The number of hydrogen-bond donors (Lipinski definition) is 1. The Hall–Kier alpha value is -1.47. The molecule has 110 valence electrons. The van der Waals surface area contributed by atoms with Gasteiger partial charge in [0.1, 0.15) is 6.04 Å². The molecule has 1 aromatic rings. The molecule has 0 amide bonds. The predicted molar refractivity (Wildman–Crippen MR) is 70.2 cm³/mol. The fourth-order valence-electron chi connectivity index (χ4n) is 2.50. The van der Waals surface area contributed by atoms with Crippen molar-refractivity contribution in [3.8, 4) is 0 Å². The summed E-state index contributed by atoms with van der Waals surface area (Å²) in [5.74, 6) is 1.27. The Balaban J connectivity index is 1.49. The zero-order chi connectivity index (χ0) is 14.1. The molecule has 1 atom stereocenters. The summed E-state index contributed by atoms with van der Waals surface area (Å²) in [5, 5.41) is 13.0. The molecule has 1 aliphatic carbocycles. The van der Waals surface area contributed by atoms with Crippen molar-refractivity contribution in [1.29, 1.82) is 0 Å². The third-order valence-corrected chi connectivity index (χ3v) is 4.10. The van der Waals surface area contributed by atoms with E-state index >= 15 is 0 Å². The van der Waals surface area contributed by atoms with Crippen LogP contribution in [0.1, 0.15) is 37.4 Å². The van der Waals surface area contributed by atoms with E-state index < -0.39 is 12.0 Å². The van der Waals surface area contributed by atoms with Crippen molar-refractivity contribution >= 4 is 5.97 Å². The fraction of sp³-hybridized carbons (Fsp3) is 0.769. The average Bonchev–Trinajstić information content (AvgIpc) is 3.20. The van der Waals surface area contributed by atoms with Crippen LogP contribution in [0.5, 0.6) is 0 Å². The summed E-state index contributed by atoms with van der Waals surface area (Å²) in [6.07, 6.45) is 2.34. The highest BCUT2D eigenvalue weighted by molar-refractivity contribution is 5.72. The number of aromatic nitrogens is 2. The van der Waals surface area contributed by atoms with E-state index in [0.29, 0.717) is 18.4 Å². The van der Waals surface area contributed by atoms with Crippen LogP contribution in [0.2, 0.25) is 0 Å². The molecule has 0 bridgehead atoms. The number of piperazine rings is 1. The van der Waals surface area contributed by atoms with Crippen molar-refractivity contribution in [3.05, 3.63) is 11.7 Å². The van der Waals surface area contributed by atoms with Crippen molar-refractivity contribution < 1.29 is 14.4 Å². The van der Waals surface area contributed by atoms with E-state index in [2.05, 4.69) is 15.0 Å². The molecule has 1 aliphatic heterocycles. The second-order valence-electron chi connectivity index (χ2n) is 5.65. The van der Waals surface area contributed by atoms with Crippen LogP contribution in [-0.4, -0.2) is 63.2 Å². The monoisotopic (exact) mass is 280 g/mol. The molecule has 1 saturated carbocycles. The molecule has 20 heavy (non-hydrogen) atoms. The molecule has 0 radical (unpaired) electrons. The van der Waals surface area contributed by atoms with Gasteiger partial charge in [-0.1, -0.05) is 5.16 Å². The molecule has 2 fully saturated rings. The first-order valence-electron chi connectivity index (χ1n) is 7.15. The van der Waals surface area contributed by atoms with Crippen molar-refractivity contribution in [2.24, 2.45) is 0 Å². The van der Waals surface area contributed by atoms with Gasteiger partial charge in [-0.3, -0.25) is 14.6 Å². The number of carboxylic acids is 1. The lowest BCUT2D eigenvalue weighted by Gasteiger charge is -2.35. The topological polar surface area (TPSA) is 82.7 Å². The summed E-state index contributed by atoms with van der Waals surface area (Å²) in [7, 11) is 0. The van der Waals surface area contributed by atoms with Crippen LogP contribution in [0.3, 0.4) is 0 Å². The van der Waals surface area contributed by atoms with Gasteiger partial charge in [0.05, 0.1) is 6.54 Å². The zero-order valence-corrected chi connectivity index (χ0v) is 11.7. The molecule has 1 unspecified atom stereocenters. The third kappa shape index (κ3) is 2.99. The molecule has 1 N–H and O–H groups in total. The predicted octanol–water partition coefficient (Wildman–Crippen LogP) is 0.538. The lowest BCUT2D eigenvalue weighted by atomic mass is 10.2. The van der Waals surface area contributed by atoms with E-state index in [1.54, 1.807) is 6.92 Å². The molecule has 2 aliphatic rings. The lowest BCUT2D eigenvalue weighted by Crippen LogP contribution is -2.51. The van der Waals surface area contributed by atoms with Crippen LogP contribution in [0.4, 0.5) is 0 Å². The second-order valence-corrected chi connectivity index (χ2v) is 5.65. The van der Waals surface area contributed by atoms with Gasteiger partial charge in [0.2, 0.25) is 5.89 Å². The van der Waals surface area contributed by atoms with Gasteiger partial charge >= 0.3 is 5.97 Å². The van der Waals surface area contributed by atoms with Crippen molar-refractivity contribution in [2.45, 2.75) is 38.3 Å². The van der Waals surface area contributed by atoms with Gasteiger partial charge in [-0.05, 0) is 19.8 Å². The highest BCUT2D eigenvalue weighted by Crippen LogP contribution is 2.38. The van der Waals surface area contributed by atoms with Crippen molar-refractivity contribution in [1.82, 2.24) is 19.9 Å². The molecule has 1 saturated heterocycles. The van der Waals surface area contributed by atoms with Gasteiger partial charge in [-0.15, -0.1) is 0 Å². The molecule has 3 rings (SSSR count). The summed E-state index contributed by atoms with van der Waals surface area (Å²) in [6, 6.07) is -0.415. The molecular weight excluding hydrogens is 260 g/mol. The minimum absolute atomic E-state index is 0.415. The van der Waals surface area contributed by atoms with E-state index in [0.717, 1.165) is 32.0 Å². The number of carboxylic acid groups (broad SMARTS) is 1. The quantitative estimate of drug-likeness (QED) is 0.842. The van der Waals surface area contributed by atoms with Crippen LogP contribution in [-0.2, 0) is 11.3 Å². The molecular formula is C13H20N4O3. The van der Waals surface area contributed by atoms with Crippen LogP contribution in [0, 0.1) is 0 Å². The number of aliphatic carboxylic acids is 1. The Morgan fingerprint density at radius 1 is 1.40 bits per heavy atom. The van der Waals surface area contributed by atoms with Gasteiger partial charge in [-0.2, -0.15) is 4.98 Å². The Morgan fingerprint density at radius 3 is 2.70 bits per heavy atom. The number of hydrogen-bond acceptors (Lipinski definition) is 6. The molecule has 0 spiro atoms. The molecule has 0 aromatic carbocycles. The van der Waals surface area contributed by atoms with Crippen molar-refractivity contribution in [3.63, 3.8) is 0 Å². The number of carbonyl (C=O) groups is 1. The number of rotatable bonds is 5. The fourth-order valence-corrected chi connectivity index (χ4v) is 2.50. The largest absolute Gasteiger partial charge is 0.480 e. The van der Waals surface area contributed by atoms with Gasteiger partial charge in [0, 0.05) is 32.1 Å². The summed E-state index contributed by atoms with van der Waals surface area (Å²) in [5.41, 5.74) is 0. The maximum Gasteiger partial charge on any atom is 0.320 e. The minimum Gasteiger partial charge on any atom is -0.480 e. The molecule has 7 heteroatoms. The Kier molecular flexibility index (Phi) is 3.71. The molecule has 7 nitrogen and oxygen atoms in total. The maximum absolute atomic E-state index is 11.0. The van der Waals surface area contributed by atoms with Gasteiger partial charge in [0.15, 0.2) is 5.82 Å². The van der Waals surface area contributed by atoms with E-state index in [-0.39, 0.29) is 0 Å². The van der Waals surface area contributed by atoms with E-state index in [1.165, 1.54) is 12.8 Å². The second kappa shape index (κ2) is 5.49. The number of nitrogens with zero attached hydrogens (tertiary/aromatic N) is 4. The summed E-state index contributed by atoms with van der Waals surface area (Å²) in [6.45, 7) is 5.58. The first-order chi connectivity index (χ1) is 9.63. The first-order valence-corrected chi connectivity index (χ1v) is 7.15. The van der Waals surface area contributed by atoms with Gasteiger partial charge in [-0.25, -0.2) is 0 Å². The average molecular weight is 280 g/mol. The van der Waals surface area contributed by atoms with Crippen LogP contribution < -0.4 is 0 Å². The SMILES string of the molecule is CC(C(=O)O)N1CCN(Cc2nc(C3CC3)no2)CC1. The van der Waals surface area contributed by atoms with Crippen LogP contribution in [0.25, 0.3) is 0 Å². The highest BCUT2D eigenvalue weighted by atomic mass is 16.5. The Morgan fingerprint density at radius 2 is 2.10 bits per heavy atom. The summed E-state index contributed by atoms with van der Waals surface area (Å²) >= 11 is 0. The summed E-state index contributed by atoms with van der Waals surface area (Å²) < 4.78 is 5.27. The lowest BCUT2D eigenvalue weighted by molar-refractivity contribution is -0.143. The van der Waals surface area contributed by atoms with Gasteiger partial charge in [0.25, 0.3) is 0 Å². The highest BCUT2D eigenvalue weighted by Gasteiger charge is 2.30. The van der Waals surface area contributed by atoms with E-state index in [9.17, 15) is 4.79 Å². The van der Waals surface area contributed by atoms with Gasteiger partial charge < -0.3 is 9.63 Å². The van der Waals surface area contributed by atoms with E-state index in [4.69, 9.17) is 9.63 Å². The van der Waals surface area contributed by atoms with E-state index in [1.807, 2.05) is 4.90 Å². The smallest absolute Gasteiger partial charge is 0.320 e. The first kappa shape index (κ1) is 13.5. The molecule has 1 aromatic heterocycles. The maximum atomic E-state index is 11.0. The normalized spacial score (nSPS) is 22.9. The Bertz CT molecular complexity index is 478. The zero-order valence-electron chi connectivity index (χ0n) is 11.7. The molecule has 2 heterocycles. The third-order valence-electron chi connectivity index (χ3n) is 4.10. The van der Waals surface area contributed by atoms with Crippen LogP contribution in [0.15, 0.2) is 4.52 Å². The summed E-state index contributed by atoms with van der Waals surface area (Å²) in [4.78, 5) is 19.6. The van der Waals surface area contributed by atoms with Crippen LogP contribution >= 0.6 is 0 Å². The standard InChI is InChI=1S/C13H20N4O3/c1-9(13(18)19)17-6-4-16(5-7-17)8-11-14-12(15-20-11)10-2-3-10/h9-10H,2-8H2,1H3,(H,18,19). The van der Waals surface area contributed by atoms with Crippen molar-refractivity contribution in [2.75, 3.05) is 26.2 Å².